The maximum Gasteiger partial charge on any atom is 0.0721 e. The van der Waals surface area contributed by atoms with Gasteiger partial charge in [-0.15, -0.1) is 6.42 Å². The Kier molecular flexibility index (Phi) is 1.88. The Hall–Kier alpha value is -2.33. The van der Waals surface area contributed by atoms with Crippen LogP contribution in [-0.2, 0) is 0 Å². The maximum absolute atomic E-state index is 5.53. The SMILES string of the molecule is C#Cc1cccc2ncc3ccccc3c12. The summed E-state index contributed by atoms with van der Waals surface area (Å²) in [6, 6.07) is 14.1. The van der Waals surface area contributed by atoms with Gasteiger partial charge in [0.05, 0.1) is 5.52 Å². The van der Waals surface area contributed by atoms with E-state index in [1.807, 2.05) is 36.5 Å². The molecule has 0 N–H and O–H groups in total. The van der Waals surface area contributed by atoms with Gasteiger partial charge < -0.3 is 0 Å². The van der Waals surface area contributed by atoms with Crippen LogP contribution in [-0.4, -0.2) is 4.98 Å². The fraction of sp³-hybridized carbons (Fsp3) is 0. The molecule has 0 unspecified atom stereocenters. The van der Waals surface area contributed by atoms with E-state index in [1.54, 1.807) is 0 Å². The Morgan fingerprint density at radius 1 is 1.00 bits per heavy atom. The van der Waals surface area contributed by atoms with E-state index in [0.717, 1.165) is 21.9 Å². The van der Waals surface area contributed by atoms with Gasteiger partial charge in [-0.05, 0) is 17.5 Å². The van der Waals surface area contributed by atoms with Crippen LogP contribution >= 0.6 is 0 Å². The molecule has 1 aromatic heterocycles. The molecule has 0 saturated carbocycles. The molecule has 1 nitrogen and oxygen atoms in total. The Morgan fingerprint density at radius 2 is 1.88 bits per heavy atom. The molecule has 0 radical (unpaired) electrons. The van der Waals surface area contributed by atoms with Crippen molar-refractivity contribution in [2.24, 2.45) is 0 Å². The number of terminal acetylenes is 1. The normalized spacial score (nSPS) is 10.4. The fourth-order valence-corrected chi connectivity index (χ4v) is 2.03. The minimum atomic E-state index is 0.904. The Morgan fingerprint density at radius 3 is 2.75 bits per heavy atom. The zero-order valence-electron chi connectivity index (χ0n) is 8.64. The van der Waals surface area contributed by atoms with Crippen LogP contribution in [0.2, 0.25) is 0 Å². The van der Waals surface area contributed by atoms with Crippen molar-refractivity contribution < 1.29 is 0 Å². The molecule has 0 bridgehead atoms. The van der Waals surface area contributed by atoms with Gasteiger partial charge in [-0.25, -0.2) is 0 Å². The lowest BCUT2D eigenvalue weighted by Crippen LogP contribution is -1.85. The number of nitrogens with zero attached hydrogens (tertiary/aromatic N) is 1. The highest BCUT2D eigenvalue weighted by molar-refractivity contribution is 6.08. The van der Waals surface area contributed by atoms with Crippen molar-refractivity contribution >= 4 is 21.7 Å². The molecule has 1 heterocycles. The molecule has 0 amide bonds. The first-order valence-electron chi connectivity index (χ1n) is 5.13. The molecule has 0 aliphatic carbocycles. The molecule has 0 atom stereocenters. The van der Waals surface area contributed by atoms with E-state index in [0.29, 0.717) is 0 Å². The highest BCUT2D eigenvalue weighted by atomic mass is 14.6. The van der Waals surface area contributed by atoms with Gasteiger partial charge >= 0.3 is 0 Å². The molecule has 0 fully saturated rings. The predicted octanol–water partition coefficient (Wildman–Crippen LogP) is 3.37. The summed E-state index contributed by atoms with van der Waals surface area (Å²) in [5, 5.41) is 3.36. The van der Waals surface area contributed by atoms with Gasteiger partial charge in [0.2, 0.25) is 0 Å². The van der Waals surface area contributed by atoms with Crippen LogP contribution in [0.5, 0.6) is 0 Å². The minimum absolute atomic E-state index is 0.904. The second-order valence-electron chi connectivity index (χ2n) is 3.69. The average molecular weight is 203 g/mol. The first-order valence-corrected chi connectivity index (χ1v) is 5.13. The fourth-order valence-electron chi connectivity index (χ4n) is 2.03. The van der Waals surface area contributed by atoms with Gasteiger partial charge in [0, 0.05) is 22.5 Å². The van der Waals surface area contributed by atoms with E-state index < -0.39 is 0 Å². The summed E-state index contributed by atoms with van der Waals surface area (Å²) in [6.07, 6.45) is 7.42. The number of hydrogen-bond acceptors (Lipinski definition) is 1. The van der Waals surface area contributed by atoms with Crippen molar-refractivity contribution in [2.45, 2.75) is 0 Å². The Bertz CT molecular complexity index is 720. The molecular weight excluding hydrogens is 194 g/mol. The van der Waals surface area contributed by atoms with E-state index in [4.69, 9.17) is 6.42 Å². The lowest BCUT2D eigenvalue weighted by Gasteiger charge is -2.04. The Labute approximate surface area is 93.7 Å². The second-order valence-corrected chi connectivity index (χ2v) is 3.69. The van der Waals surface area contributed by atoms with Crippen LogP contribution in [0.3, 0.4) is 0 Å². The van der Waals surface area contributed by atoms with Crippen molar-refractivity contribution in [3.63, 3.8) is 0 Å². The smallest absolute Gasteiger partial charge is 0.0721 e. The van der Waals surface area contributed by atoms with Crippen LogP contribution < -0.4 is 0 Å². The first-order chi connectivity index (χ1) is 7.90. The van der Waals surface area contributed by atoms with Crippen LogP contribution in [0.25, 0.3) is 21.7 Å². The zero-order valence-corrected chi connectivity index (χ0v) is 8.64. The number of rotatable bonds is 0. The Balaban J connectivity index is 2.64. The summed E-state index contributed by atoms with van der Waals surface area (Å²) in [6.45, 7) is 0. The molecule has 16 heavy (non-hydrogen) atoms. The molecule has 0 aliphatic heterocycles. The lowest BCUT2D eigenvalue weighted by molar-refractivity contribution is 1.44. The molecule has 3 aromatic rings. The summed E-state index contributed by atoms with van der Waals surface area (Å²) in [4.78, 5) is 4.42. The van der Waals surface area contributed by atoms with E-state index >= 15 is 0 Å². The molecule has 0 spiro atoms. The van der Waals surface area contributed by atoms with Crippen molar-refractivity contribution in [3.05, 3.63) is 54.2 Å². The van der Waals surface area contributed by atoms with Gasteiger partial charge in [0.25, 0.3) is 0 Å². The van der Waals surface area contributed by atoms with Crippen molar-refractivity contribution in [2.75, 3.05) is 0 Å². The highest BCUT2D eigenvalue weighted by Crippen LogP contribution is 2.25. The highest BCUT2D eigenvalue weighted by Gasteiger charge is 2.04. The molecule has 0 aliphatic rings. The van der Waals surface area contributed by atoms with Gasteiger partial charge in [-0.1, -0.05) is 36.3 Å². The van der Waals surface area contributed by atoms with E-state index in [-0.39, 0.29) is 0 Å². The van der Waals surface area contributed by atoms with Gasteiger partial charge in [0.1, 0.15) is 0 Å². The van der Waals surface area contributed by atoms with E-state index in [1.165, 1.54) is 5.39 Å². The lowest BCUT2D eigenvalue weighted by atomic mass is 10.0. The van der Waals surface area contributed by atoms with Gasteiger partial charge in [-0.2, -0.15) is 0 Å². The quantitative estimate of drug-likeness (QED) is 0.403. The molecule has 3 rings (SSSR count). The third kappa shape index (κ3) is 1.17. The molecule has 74 valence electrons. The second kappa shape index (κ2) is 3.36. The molecule has 1 heteroatoms. The van der Waals surface area contributed by atoms with Gasteiger partial charge in [0.15, 0.2) is 0 Å². The van der Waals surface area contributed by atoms with E-state index in [9.17, 15) is 0 Å². The maximum atomic E-state index is 5.53. The van der Waals surface area contributed by atoms with Crippen LogP contribution in [0.15, 0.2) is 48.7 Å². The molecular formula is C15H9N. The molecule has 2 aromatic carbocycles. The number of hydrogen-bond donors (Lipinski definition) is 0. The topological polar surface area (TPSA) is 12.9 Å². The molecule has 0 saturated heterocycles. The third-order valence-electron chi connectivity index (χ3n) is 2.77. The van der Waals surface area contributed by atoms with Crippen molar-refractivity contribution in [1.29, 1.82) is 0 Å². The largest absolute Gasteiger partial charge is 0.256 e. The summed E-state index contributed by atoms with van der Waals surface area (Å²) < 4.78 is 0. The monoisotopic (exact) mass is 203 g/mol. The first kappa shape index (κ1) is 8.94. The third-order valence-corrected chi connectivity index (χ3v) is 2.77. The summed E-state index contributed by atoms with van der Waals surface area (Å²) in [5.74, 6) is 2.72. The summed E-state index contributed by atoms with van der Waals surface area (Å²) in [7, 11) is 0. The van der Waals surface area contributed by atoms with Crippen molar-refractivity contribution in [1.82, 2.24) is 4.98 Å². The standard InChI is InChI=1S/C15H9N/c1-2-11-7-5-9-14-15(11)13-8-4-3-6-12(13)10-16-14/h1,3-10H. The van der Waals surface area contributed by atoms with Crippen LogP contribution in [0.4, 0.5) is 0 Å². The number of aromatic nitrogens is 1. The van der Waals surface area contributed by atoms with Crippen molar-refractivity contribution in [3.8, 4) is 12.3 Å². The summed E-state index contributed by atoms with van der Waals surface area (Å²) in [5.41, 5.74) is 1.86. The number of pyridine rings is 1. The minimum Gasteiger partial charge on any atom is -0.256 e. The van der Waals surface area contributed by atoms with E-state index in [2.05, 4.69) is 23.0 Å². The summed E-state index contributed by atoms with van der Waals surface area (Å²) >= 11 is 0. The van der Waals surface area contributed by atoms with Crippen LogP contribution in [0, 0.1) is 12.3 Å². The number of benzene rings is 2. The van der Waals surface area contributed by atoms with Gasteiger partial charge in [-0.3, -0.25) is 4.98 Å². The van der Waals surface area contributed by atoms with Crippen LogP contribution in [0.1, 0.15) is 5.56 Å². The predicted molar refractivity (Wildman–Crippen MR) is 67.2 cm³/mol. The number of fused-ring (bicyclic) bond motifs is 3. The zero-order chi connectivity index (χ0) is 11.0. The average Bonchev–Trinajstić information content (AvgIpc) is 2.37.